The monoisotopic (exact) mass is 234 g/mol. The normalized spacial score (nSPS) is 17.7. The summed E-state index contributed by atoms with van der Waals surface area (Å²) >= 11 is 0. The highest BCUT2D eigenvalue weighted by Crippen LogP contribution is 2.13. The summed E-state index contributed by atoms with van der Waals surface area (Å²) in [6.07, 6.45) is 12.4. The molecule has 0 bridgehead atoms. The number of allylic oxidation sites excluding steroid dienone is 1. The number of rotatable bonds is 8. The van der Waals surface area contributed by atoms with Crippen molar-refractivity contribution in [2.45, 2.75) is 19.3 Å². The van der Waals surface area contributed by atoms with Gasteiger partial charge in [-0.05, 0) is 38.3 Å². The largest absolute Gasteiger partial charge is 0.317 e. The minimum Gasteiger partial charge on any atom is -0.317 e. The minimum absolute atomic E-state index is 0.795. The van der Waals surface area contributed by atoms with Crippen LogP contribution in [0.4, 0.5) is 0 Å². The summed E-state index contributed by atoms with van der Waals surface area (Å²) in [5.74, 6) is 0.795. The zero-order valence-corrected chi connectivity index (χ0v) is 10.9. The second kappa shape index (κ2) is 9.20. The molecule has 1 fully saturated rings. The molecule has 0 aromatic heterocycles. The molecular weight excluding hydrogens is 208 g/mol. The SMILES string of the molecule is C=CCN(CC=C)CC/C=C/C1CCNCC1. The van der Waals surface area contributed by atoms with Crippen LogP contribution in [-0.4, -0.2) is 37.6 Å². The van der Waals surface area contributed by atoms with E-state index in [4.69, 9.17) is 0 Å². The predicted octanol–water partition coefficient (Wildman–Crippen LogP) is 2.61. The van der Waals surface area contributed by atoms with Crippen LogP contribution in [-0.2, 0) is 0 Å². The summed E-state index contributed by atoms with van der Waals surface area (Å²) in [6.45, 7) is 12.9. The lowest BCUT2D eigenvalue weighted by molar-refractivity contribution is 0.342. The van der Waals surface area contributed by atoms with Crippen LogP contribution < -0.4 is 5.32 Å². The van der Waals surface area contributed by atoms with Crippen molar-refractivity contribution in [1.29, 1.82) is 0 Å². The molecule has 0 amide bonds. The van der Waals surface area contributed by atoms with Crippen molar-refractivity contribution in [1.82, 2.24) is 10.2 Å². The van der Waals surface area contributed by atoms with Crippen molar-refractivity contribution >= 4 is 0 Å². The van der Waals surface area contributed by atoms with E-state index in [1.807, 2.05) is 12.2 Å². The van der Waals surface area contributed by atoms with E-state index < -0.39 is 0 Å². The molecule has 0 aliphatic carbocycles. The molecule has 17 heavy (non-hydrogen) atoms. The molecule has 0 unspecified atom stereocenters. The van der Waals surface area contributed by atoms with Gasteiger partial charge in [-0.15, -0.1) is 13.2 Å². The fourth-order valence-electron chi connectivity index (χ4n) is 2.20. The van der Waals surface area contributed by atoms with E-state index in [0.29, 0.717) is 0 Å². The Morgan fingerprint density at radius 1 is 1.12 bits per heavy atom. The molecule has 2 heteroatoms. The van der Waals surface area contributed by atoms with Gasteiger partial charge in [0.05, 0.1) is 0 Å². The van der Waals surface area contributed by atoms with E-state index in [2.05, 4.69) is 35.5 Å². The molecule has 0 spiro atoms. The Bertz CT molecular complexity index is 229. The molecule has 1 heterocycles. The highest BCUT2D eigenvalue weighted by atomic mass is 15.1. The van der Waals surface area contributed by atoms with Crippen LogP contribution in [0.1, 0.15) is 19.3 Å². The standard InChI is InChI=1S/C15H26N2/c1-3-12-17(13-4-2)14-6-5-7-15-8-10-16-11-9-15/h3-5,7,15-16H,1-2,6,8-14H2/b7-5+. The van der Waals surface area contributed by atoms with Crippen LogP contribution in [0.25, 0.3) is 0 Å². The third kappa shape index (κ3) is 6.44. The van der Waals surface area contributed by atoms with Gasteiger partial charge in [-0.3, -0.25) is 4.90 Å². The summed E-state index contributed by atoms with van der Waals surface area (Å²) in [7, 11) is 0. The van der Waals surface area contributed by atoms with Crippen molar-refractivity contribution in [3.8, 4) is 0 Å². The molecule has 1 aliphatic rings. The van der Waals surface area contributed by atoms with E-state index in [1.54, 1.807) is 0 Å². The average Bonchev–Trinajstić information content (AvgIpc) is 2.36. The van der Waals surface area contributed by atoms with Gasteiger partial charge in [0.2, 0.25) is 0 Å². The lowest BCUT2D eigenvalue weighted by atomic mass is 9.97. The summed E-state index contributed by atoms with van der Waals surface area (Å²) in [5, 5.41) is 3.39. The first kappa shape index (κ1) is 14.2. The Balaban J connectivity index is 2.17. The quantitative estimate of drug-likeness (QED) is 0.649. The Kier molecular flexibility index (Phi) is 7.69. The smallest absolute Gasteiger partial charge is 0.0164 e. The summed E-state index contributed by atoms with van der Waals surface area (Å²) in [4.78, 5) is 2.35. The highest BCUT2D eigenvalue weighted by Gasteiger charge is 2.08. The number of piperidine rings is 1. The molecule has 2 nitrogen and oxygen atoms in total. The molecule has 0 radical (unpaired) electrons. The second-order valence-corrected chi connectivity index (χ2v) is 4.64. The van der Waals surface area contributed by atoms with E-state index in [9.17, 15) is 0 Å². The van der Waals surface area contributed by atoms with Crippen molar-refractivity contribution in [2.24, 2.45) is 5.92 Å². The van der Waals surface area contributed by atoms with Crippen LogP contribution in [0, 0.1) is 5.92 Å². The van der Waals surface area contributed by atoms with E-state index >= 15 is 0 Å². The van der Waals surface area contributed by atoms with Crippen LogP contribution in [0.3, 0.4) is 0 Å². The number of hydrogen-bond acceptors (Lipinski definition) is 2. The van der Waals surface area contributed by atoms with Gasteiger partial charge >= 0.3 is 0 Å². The molecule has 0 saturated carbocycles. The van der Waals surface area contributed by atoms with Gasteiger partial charge in [-0.1, -0.05) is 24.3 Å². The first-order valence-corrected chi connectivity index (χ1v) is 6.68. The first-order chi connectivity index (χ1) is 8.36. The third-order valence-corrected chi connectivity index (χ3v) is 3.18. The fourth-order valence-corrected chi connectivity index (χ4v) is 2.20. The van der Waals surface area contributed by atoms with E-state index in [1.165, 1.54) is 25.9 Å². The van der Waals surface area contributed by atoms with Gasteiger partial charge in [0, 0.05) is 19.6 Å². The lowest BCUT2D eigenvalue weighted by Gasteiger charge is -2.20. The maximum atomic E-state index is 3.78. The summed E-state index contributed by atoms with van der Waals surface area (Å²) < 4.78 is 0. The molecule has 1 saturated heterocycles. The molecule has 0 aromatic rings. The van der Waals surface area contributed by atoms with Crippen molar-refractivity contribution in [3.05, 3.63) is 37.5 Å². The van der Waals surface area contributed by atoms with Crippen LogP contribution >= 0.6 is 0 Å². The third-order valence-electron chi connectivity index (χ3n) is 3.18. The molecule has 1 rings (SSSR count). The Morgan fingerprint density at radius 3 is 2.35 bits per heavy atom. The fraction of sp³-hybridized carbons (Fsp3) is 0.600. The topological polar surface area (TPSA) is 15.3 Å². The number of nitrogens with zero attached hydrogens (tertiary/aromatic N) is 1. The highest BCUT2D eigenvalue weighted by molar-refractivity contribution is 4.91. The van der Waals surface area contributed by atoms with Gasteiger partial charge in [-0.2, -0.15) is 0 Å². The second-order valence-electron chi connectivity index (χ2n) is 4.64. The van der Waals surface area contributed by atoms with Crippen molar-refractivity contribution in [2.75, 3.05) is 32.7 Å². The molecule has 96 valence electrons. The predicted molar refractivity (Wildman–Crippen MR) is 76.2 cm³/mol. The average molecular weight is 234 g/mol. The number of nitrogens with one attached hydrogen (secondary N) is 1. The maximum absolute atomic E-state index is 3.78. The van der Waals surface area contributed by atoms with Gasteiger partial charge in [0.25, 0.3) is 0 Å². The lowest BCUT2D eigenvalue weighted by Crippen LogP contribution is -2.27. The van der Waals surface area contributed by atoms with Crippen molar-refractivity contribution < 1.29 is 0 Å². The molecule has 0 aromatic carbocycles. The van der Waals surface area contributed by atoms with Gasteiger partial charge in [0.1, 0.15) is 0 Å². The maximum Gasteiger partial charge on any atom is 0.0164 e. The van der Waals surface area contributed by atoms with E-state index in [0.717, 1.165) is 32.0 Å². The number of hydrogen-bond donors (Lipinski definition) is 1. The Hall–Kier alpha value is -0.860. The molecule has 0 atom stereocenters. The van der Waals surface area contributed by atoms with Gasteiger partial charge < -0.3 is 5.32 Å². The first-order valence-electron chi connectivity index (χ1n) is 6.68. The summed E-state index contributed by atoms with van der Waals surface area (Å²) in [6, 6.07) is 0. The van der Waals surface area contributed by atoms with E-state index in [-0.39, 0.29) is 0 Å². The molecule has 1 N–H and O–H groups in total. The zero-order valence-electron chi connectivity index (χ0n) is 10.9. The molecular formula is C15H26N2. The van der Waals surface area contributed by atoms with Crippen molar-refractivity contribution in [3.63, 3.8) is 0 Å². The van der Waals surface area contributed by atoms with Crippen LogP contribution in [0.2, 0.25) is 0 Å². The minimum atomic E-state index is 0.795. The van der Waals surface area contributed by atoms with Crippen LogP contribution in [0.5, 0.6) is 0 Å². The van der Waals surface area contributed by atoms with Gasteiger partial charge in [-0.25, -0.2) is 0 Å². The summed E-state index contributed by atoms with van der Waals surface area (Å²) in [5.41, 5.74) is 0. The van der Waals surface area contributed by atoms with Gasteiger partial charge in [0.15, 0.2) is 0 Å². The van der Waals surface area contributed by atoms with Crippen LogP contribution in [0.15, 0.2) is 37.5 Å². The zero-order chi connectivity index (χ0) is 12.3. The Labute approximate surface area is 106 Å². The Morgan fingerprint density at radius 2 is 1.76 bits per heavy atom. The molecule has 1 aliphatic heterocycles.